The lowest BCUT2D eigenvalue weighted by Gasteiger charge is -2.16. The van der Waals surface area contributed by atoms with E-state index in [-0.39, 0.29) is 11.2 Å². The molecule has 0 amide bonds. The van der Waals surface area contributed by atoms with Crippen LogP contribution >= 0.6 is 11.6 Å². The van der Waals surface area contributed by atoms with Crippen LogP contribution in [0, 0.1) is 12.3 Å². The van der Waals surface area contributed by atoms with Crippen molar-refractivity contribution in [2.45, 2.75) is 27.7 Å². The quantitative estimate of drug-likeness (QED) is 0.657. The van der Waals surface area contributed by atoms with Gasteiger partial charge in [0.25, 0.3) is 0 Å². The molecule has 1 aromatic heterocycles. The fourth-order valence-corrected chi connectivity index (χ4v) is 1.48. The molecule has 0 bridgehead atoms. The average Bonchev–Trinajstić information content (AvgIpc) is 2.30. The second kappa shape index (κ2) is 3.43. The highest BCUT2D eigenvalue weighted by Gasteiger charge is 2.26. The molecule has 0 aliphatic heterocycles. The van der Waals surface area contributed by atoms with Crippen LogP contribution in [0.5, 0.6) is 0 Å². The summed E-state index contributed by atoms with van der Waals surface area (Å²) < 4.78 is 1.74. The van der Waals surface area contributed by atoms with Crippen molar-refractivity contribution < 1.29 is 4.79 Å². The molecule has 0 aromatic carbocycles. The van der Waals surface area contributed by atoms with E-state index in [1.54, 1.807) is 4.57 Å². The molecule has 0 fully saturated rings. The topological polar surface area (TPSA) is 22.0 Å². The van der Waals surface area contributed by atoms with Crippen LogP contribution in [-0.2, 0) is 7.05 Å². The third-order valence-corrected chi connectivity index (χ3v) is 2.80. The van der Waals surface area contributed by atoms with Crippen molar-refractivity contribution in [2.24, 2.45) is 12.5 Å². The van der Waals surface area contributed by atoms with Gasteiger partial charge in [-0.1, -0.05) is 32.4 Å². The zero-order valence-corrected chi connectivity index (χ0v) is 10.1. The van der Waals surface area contributed by atoms with Crippen molar-refractivity contribution in [2.75, 3.05) is 0 Å². The van der Waals surface area contributed by atoms with Crippen LogP contribution in [0.2, 0.25) is 5.15 Å². The molecule has 0 aliphatic carbocycles. The summed E-state index contributed by atoms with van der Waals surface area (Å²) in [5, 5.41) is 0.637. The molecule has 0 saturated heterocycles. The fraction of sp³-hybridized carbons (Fsp3) is 0.545. The first kappa shape index (κ1) is 11.3. The second-order valence-corrected chi connectivity index (χ2v) is 5.00. The molecule has 0 saturated carbocycles. The van der Waals surface area contributed by atoms with Crippen LogP contribution in [0.3, 0.4) is 0 Å². The van der Waals surface area contributed by atoms with Crippen LogP contribution < -0.4 is 0 Å². The molecule has 2 nitrogen and oxygen atoms in total. The van der Waals surface area contributed by atoms with E-state index >= 15 is 0 Å². The molecular weight excluding hydrogens is 198 g/mol. The summed E-state index contributed by atoms with van der Waals surface area (Å²) in [6.45, 7) is 7.63. The van der Waals surface area contributed by atoms with Gasteiger partial charge in [0.1, 0.15) is 5.15 Å². The van der Waals surface area contributed by atoms with Crippen LogP contribution in [0.1, 0.15) is 36.8 Å². The van der Waals surface area contributed by atoms with Gasteiger partial charge in [0.15, 0.2) is 5.78 Å². The van der Waals surface area contributed by atoms with E-state index in [2.05, 4.69) is 0 Å². The number of aryl methyl sites for hydroxylation is 1. The van der Waals surface area contributed by atoms with Crippen molar-refractivity contribution >= 4 is 17.4 Å². The van der Waals surface area contributed by atoms with Crippen LogP contribution in [0.25, 0.3) is 0 Å². The Morgan fingerprint density at radius 1 is 1.43 bits per heavy atom. The number of aromatic nitrogens is 1. The van der Waals surface area contributed by atoms with Crippen molar-refractivity contribution in [3.63, 3.8) is 0 Å². The number of Topliss-reactive ketones (excluding diaryl/α,β-unsaturated/α-hetero) is 1. The number of carbonyl (C=O) groups excluding carboxylic acids is 1. The molecule has 3 heteroatoms. The zero-order valence-electron chi connectivity index (χ0n) is 9.31. The second-order valence-electron chi connectivity index (χ2n) is 4.64. The van der Waals surface area contributed by atoms with E-state index in [1.807, 2.05) is 40.8 Å². The van der Waals surface area contributed by atoms with Gasteiger partial charge in [-0.15, -0.1) is 0 Å². The molecule has 14 heavy (non-hydrogen) atoms. The van der Waals surface area contributed by atoms with Gasteiger partial charge in [0, 0.05) is 12.5 Å². The minimum atomic E-state index is -0.359. The largest absolute Gasteiger partial charge is 0.332 e. The highest BCUT2D eigenvalue weighted by molar-refractivity contribution is 6.30. The Morgan fingerprint density at radius 3 is 2.21 bits per heavy atom. The number of rotatable bonds is 1. The Bertz CT molecular complexity index is 371. The van der Waals surface area contributed by atoms with Gasteiger partial charge in [-0.2, -0.15) is 0 Å². The van der Waals surface area contributed by atoms with Crippen LogP contribution in [0.15, 0.2) is 6.07 Å². The highest BCUT2D eigenvalue weighted by Crippen LogP contribution is 2.25. The maximum atomic E-state index is 12.0. The van der Waals surface area contributed by atoms with Gasteiger partial charge in [0.05, 0.1) is 5.69 Å². The number of ketones is 1. The zero-order chi connectivity index (χ0) is 11.1. The monoisotopic (exact) mass is 213 g/mol. The summed E-state index contributed by atoms with van der Waals surface area (Å²) in [5.74, 6) is 0.120. The molecule has 78 valence electrons. The molecule has 0 radical (unpaired) electrons. The minimum absolute atomic E-state index is 0.120. The molecular formula is C11H16ClNO. The molecule has 0 unspecified atom stereocenters. The van der Waals surface area contributed by atoms with Crippen molar-refractivity contribution in [1.82, 2.24) is 4.57 Å². The summed E-state index contributed by atoms with van der Waals surface area (Å²) in [6, 6.07) is 1.84. The molecule has 1 rings (SSSR count). The average molecular weight is 214 g/mol. The molecule has 1 aromatic rings. The number of carbonyl (C=O) groups is 1. The van der Waals surface area contributed by atoms with Crippen molar-refractivity contribution in [3.05, 3.63) is 22.5 Å². The highest BCUT2D eigenvalue weighted by atomic mass is 35.5. The number of halogens is 1. The molecule has 0 aliphatic rings. The molecule has 0 N–H and O–H groups in total. The van der Waals surface area contributed by atoms with Crippen LogP contribution in [-0.4, -0.2) is 10.4 Å². The third-order valence-electron chi connectivity index (χ3n) is 2.25. The smallest absolute Gasteiger partial charge is 0.184 e. The summed E-state index contributed by atoms with van der Waals surface area (Å²) >= 11 is 6.00. The number of hydrogen-bond donors (Lipinski definition) is 0. The Kier molecular flexibility index (Phi) is 2.77. The summed E-state index contributed by atoms with van der Waals surface area (Å²) in [4.78, 5) is 12.0. The maximum absolute atomic E-state index is 12.0. The van der Waals surface area contributed by atoms with Crippen LogP contribution in [0.4, 0.5) is 0 Å². The normalized spacial score (nSPS) is 11.9. The minimum Gasteiger partial charge on any atom is -0.332 e. The molecule has 0 atom stereocenters. The Hall–Kier alpha value is -0.760. The summed E-state index contributed by atoms with van der Waals surface area (Å²) in [7, 11) is 1.81. The molecule has 1 heterocycles. The van der Waals surface area contributed by atoms with Gasteiger partial charge < -0.3 is 4.57 Å². The molecule has 0 spiro atoms. The van der Waals surface area contributed by atoms with E-state index in [4.69, 9.17) is 11.6 Å². The van der Waals surface area contributed by atoms with Gasteiger partial charge in [-0.3, -0.25) is 4.79 Å². The van der Waals surface area contributed by atoms with Crippen molar-refractivity contribution in [3.8, 4) is 0 Å². The van der Waals surface area contributed by atoms with E-state index in [0.29, 0.717) is 10.8 Å². The van der Waals surface area contributed by atoms with Crippen molar-refractivity contribution in [1.29, 1.82) is 0 Å². The van der Waals surface area contributed by atoms with Gasteiger partial charge in [-0.25, -0.2) is 0 Å². The standard InChI is InChI=1S/C11H16ClNO/c1-7-6-8(13(5)10(7)12)9(14)11(2,3)4/h6H,1-5H3. The van der Waals surface area contributed by atoms with Gasteiger partial charge in [0.2, 0.25) is 0 Å². The lowest BCUT2D eigenvalue weighted by atomic mass is 9.89. The van der Waals surface area contributed by atoms with E-state index in [0.717, 1.165) is 5.56 Å². The summed E-state index contributed by atoms with van der Waals surface area (Å²) in [6.07, 6.45) is 0. The van der Waals surface area contributed by atoms with E-state index in [9.17, 15) is 4.79 Å². The fourth-order valence-electron chi connectivity index (χ4n) is 1.33. The Balaban J connectivity index is 3.22. The SMILES string of the molecule is Cc1cc(C(=O)C(C)(C)C)n(C)c1Cl. The first-order valence-electron chi connectivity index (χ1n) is 4.61. The van der Waals surface area contributed by atoms with Gasteiger partial charge in [-0.05, 0) is 18.6 Å². The summed E-state index contributed by atoms with van der Waals surface area (Å²) in [5.41, 5.74) is 1.27. The maximum Gasteiger partial charge on any atom is 0.184 e. The number of hydrogen-bond acceptors (Lipinski definition) is 1. The Labute approximate surface area is 89.9 Å². The van der Waals surface area contributed by atoms with E-state index < -0.39 is 0 Å². The lowest BCUT2D eigenvalue weighted by molar-refractivity contribution is 0.0849. The first-order valence-corrected chi connectivity index (χ1v) is 4.99. The van der Waals surface area contributed by atoms with Gasteiger partial charge >= 0.3 is 0 Å². The number of nitrogens with zero attached hydrogens (tertiary/aromatic N) is 1. The first-order chi connectivity index (χ1) is 6.25. The lowest BCUT2D eigenvalue weighted by Crippen LogP contribution is -2.22. The predicted molar refractivity (Wildman–Crippen MR) is 58.9 cm³/mol. The Morgan fingerprint density at radius 2 is 1.93 bits per heavy atom. The predicted octanol–water partition coefficient (Wildman–Crippen LogP) is 3.22. The third kappa shape index (κ3) is 1.85. The van der Waals surface area contributed by atoms with E-state index in [1.165, 1.54) is 0 Å².